The third kappa shape index (κ3) is 7.13. The Morgan fingerprint density at radius 3 is 2.88 bits per heavy atom. The van der Waals surface area contributed by atoms with Crippen molar-refractivity contribution in [1.82, 2.24) is 15.2 Å². The molecule has 1 aromatic heterocycles. The molecule has 0 fully saturated rings. The fourth-order valence-electron chi connectivity index (χ4n) is 2.40. The number of carbonyl (C=O) groups is 1. The molecule has 0 aliphatic carbocycles. The molecule has 0 aliphatic rings. The van der Waals surface area contributed by atoms with Crippen LogP contribution in [-0.2, 0) is 17.8 Å². The highest BCUT2D eigenvalue weighted by molar-refractivity contribution is 5.79. The van der Waals surface area contributed by atoms with E-state index in [-0.39, 0.29) is 19.1 Å². The van der Waals surface area contributed by atoms with E-state index in [4.69, 9.17) is 5.11 Å². The Morgan fingerprint density at radius 1 is 1.31 bits per heavy atom. The van der Waals surface area contributed by atoms with E-state index in [1.807, 2.05) is 37.4 Å². The van der Waals surface area contributed by atoms with E-state index >= 15 is 0 Å². The minimum atomic E-state index is 0.0376. The number of rotatable bonds is 10. The summed E-state index contributed by atoms with van der Waals surface area (Å²) in [6.07, 6.45) is 4.27. The van der Waals surface area contributed by atoms with Crippen LogP contribution in [0.2, 0.25) is 0 Å². The number of aromatic nitrogens is 1. The van der Waals surface area contributed by atoms with Gasteiger partial charge in [-0.1, -0.05) is 30.3 Å². The van der Waals surface area contributed by atoms with Crippen LogP contribution in [0.25, 0.3) is 0 Å². The normalized spacial score (nSPS) is 11.0. The van der Waals surface area contributed by atoms with Crippen molar-refractivity contribution in [3.8, 4) is 0 Å². The van der Waals surface area contributed by atoms with Crippen molar-refractivity contribution in [2.24, 2.45) is 4.99 Å². The number of hydrogen-bond donors (Lipinski definition) is 2. The van der Waals surface area contributed by atoms with Gasteiger partial charge in [0.25, 0.3) is 0 Å². The van der Waals surface area contributed by atoms with Crippen molar-refractivity contribution in [1.29, 1.82) is 0 Å². The molecule has 1 amide bonds. The first-order valence-corrected chi connectivity index (χ1v) is 8.73. The van der Waals surface area contributed by atoms with Gasteiger partial charge in [-0.25, -0.2) is 0 Å². The molecule has 1 aromatic carbocycles. The molecule has 0 aliphatic heterocycles. The van der Waals surface area contributed by atoms with E-state index in [0.29, 0.717) is 19.6 Å². The predicted molar refractivity (Wildman–Crippen MR) is 103 cm³/mol. The molecule has 26 heavy (non-hydrogen) atoms. The van der Waals surface area contributed by atoms with E-state index in [2.05, 4.69) is 27.4 Å². The largest absolute Gasteiger partial charge is 0.394 e. The van der Waals surface area contributed by atoms with Gasteiger partial charge in [-0.05, 0) is 29.7 Å². The van der Waals surface area contributed by atoms with E-state index in [9.17, 15) is 4.79 Å². The van der Waals surface area contributed by atoms with Gasteiger partial charge in [0.1, 0.15) is 0 Å². The molecule has 0 bridgehead atoms. The van der Waals surface area contributed by atoms with Gasteiger partial charge in [0, 0.05) is 32.5 Å². The Hall–Kier alpha value is -2.57. The summed E-state index contributed by atoms with van der Waals surface area (Å²) in [5.74, 6) is 0.0570. The summed E-state index contributed by atoms with van der Waals surface area (Å²) in [6, 6.07) is 13.9. The van der Waals surface area contributed by atoms with E-state index in [1.165, 1.54) is 5.56 Å². The topological polar surface area (TPSA) is 77.8 Å². The summed E-state index contributed by atoms with van der Waals surface area (Å²) in [5.41, 5.74) is 3.00. The minimum Gasteiger partial charge on any atom is -0.394 e. The summed E-state index contributed by atoms with van der Waals surface area (Å²) < 4.78 is 0. The van der Waals surface area contributed by atoms with E-state index < -0.39 is 0 Å². The monoisotopic (exact) mass is 354 g/mol. The zero-order valence-electron chi connectivity index (χ0n) is 15.1. The summed E-state index contributed by atoms with van der Waals surface area (Å²) in [4.78, 5) is 22.3. The number of amides is 1. The quantitative estimate of drug-likeness (QED) is 0.630. The van der Waals surface area contributed by atoms with Gasteiger partial charge >= 0.3 is 0 Å². The fraction of sp³-hybridized carbons (Fsp3) is 0.350. The molecular weight excluding hydrogens is 328 g/mol. The fourth-order valence-corrected chi connectivity index (χ4v) is 2.40. The standard InChI is InChI=1S/C20H26N4O2/c1-24(11-8-17-5-3-2-4-6-17)20(26)16-22-15-19-13-18(7-9-23-19)14-21-10-12-25/h2-7,9,13-14,22,25H,8,10-12,15-16H2,1H3. The molecule has 138 valence electrons. The Labute approximate surface area is 154 Å². The highest BCUT2D eigenvalue weighted by atomic mass is 16.3. The number of pyridine rings is 1. The second kappa shape index (κ2) is 11.1. The summed E-state index contributed by atoms with van der Waals surface area (Å²) in [7, 11) is 1.82. The van der Waals surface area contributed by atoms with Crippen molar-refractivity contribution in [2.45, 2.75) is 13.0 Å². The highest BCUT2D eigenvalue weighted by Gasteiger charge is 2.08. The van der Waals surface area contributed by atoms with Gasteiger partial charge in [-0.15, -0.1) is 0 Å². The van der Waals surface area contributed by atoms with Gasteiger partial charge in [0.2, 0.25) is 5.91 Å². The van der Waals surface area contributed by atoms with Crippen LogP contribution in [0.5, 0.6) is 0 Å². The number of carbonyl (C=O) groups excluding carboxylic acids is 1. The van der Waals surface area contributed by atoms with Crippen molar-refractivity contribution in [2.75, 3.05) is 33.3 Å². The van der Waals surface area contributed by atoms with Crippen molar-refractivity contribution >= 4 is 12.1 Å². The van der Waals surface area contributed by atoms with Crippen LogP contribution in [0.3, 0.4) is 0 Å². The SMILES string of the molecule is CN(CCc1ccccc1)C(=O)CNCc1cc(C=NCCO)ccn1. The van der Waals surface area contributed by atoms with Crippen molar-refractivity contribution in [3.05, 3.63) is 65.5 Å². The van der Waals surface area contributed by atoms with Crippen LogP contribution in [0.1, 0.15) is 16.8 Å². The Bertz CT molecular complexity index is 704. The lowest BCUT2D eigenvalue weighted by molar-refractivity contribution is -0.128. The third-order valence-electron chi connectivity index (χ3n) is 3.90. The number of nitrogens with one attached hydrogen (secondary N) is 1. The minimum absolute atomic E-state index is 0.0376. The Morgan fingerprint density at radius 2 is 2.12 bits per heavy atom. The zero-order valence-corrected chi connectivity index (χ0v) is 15.1. The average Bonchev–Trinajstić information content (AvgIpc) is 2.67. The molecule has 2 aromatic rings. The van der Waals surface area contributed by atoms with Crippen LogP contribution in [-0.4, -0.2) is 60.4 Å². The molecule has 0 atom stereocenters. The van der Waals surface area contributed by atoms with Crippen molar-refractivity contribution < 1.29 is 9.90 Å². The number of aliphatic imine (C=N–C) groups is 1. The molecule has 2 N–H and O–H groups in total. The molecule has 0 saturated heterocycles. The molecule has 6 heteroatoms. The van der Waals surface area contributed by atoms with Gasteiger partial charge < -0.3 is 15.3 Å². The first-order chi connectivity index (χ1) is 12.7. The predicted octanol–water partition coefficient (Wildman–Crippen LogP) is 1.28. The van der Waals surface area contributed by atoms with E-state index in [1.54, 1.807) is 17.3 Å². The van der Waals surface area contributed by atoms with Gasteiger partial charge in [-0.3, -0.25) is 14.8 Å². The van der Waals surface area contributed by atoms with Crippen LogP contribution in [0, 0.1) is 0 Å². The van der Waals surface area contributed by atoms with Gasteiger partial charge in [0.05, 0.1) is 25.4 Å². The van der Waals surface area contributed by atoms with E-state index in [0.717, 1.165) is 17.7 Å². The van der Waals surface area contributed by atoms with Crippen LogP contribution < -0.4 is 5.32 Å². The number of aliphatic hydroxyl groups excluding tert-OH is 1. The highest BCUT2D eigenvalue weighted by Crippen LogP contribution is 2.01. The molecular formula is C20H26N4O2. The number of hydrogen-bond acceptors (Lipinski definition) is 5. The zero-order chi connectivity index (χ0) is 18.6. The van der Waals surface area contributed by atoms with Crippen LogP contribution >= 0.6 is 0 Å². The van der Waals surface area contributed by atoms with Crippen LogP contribution in [0.4, 0.5) is 0 Å². The number of nitrogens with zero attached hydrogens (tertiary/aromatic N) is 3. The first-order valence-electron chi connectivity index (χ1n) is 8.73. The smallest absolute Gasteiger partial charge is 0.236 e. The average molecular weight is 354 g/mol. The molecule has 2 rings (SSSR count). The molecule has 6 nitrogen and oxygen atoms in total. The van der Waals surface area contributed by atoms with Crippen LogP contribution in [0.15, 0.2) is 53.7 Å². The van der Waals surface area contributed by atoms with Gasteiger partial charge in [-0.2, -0.15) is 0 Å². The number of likely N-dealkylation sites (N-methyl/N-ethyl adjacent to an activating group) is 1. The second-order valence-corrected chi connectivity index (χ2v) is 5.99. The lowest BCUT2D eigenvalue weighted by Gasteiger charge is -2.17. The maximum Gasteiger partial charge on any atom is 0.236 e. The number of aliphatic hydroxyl groups is 1. The lowest BCUT2D eigenvalue weighted by atomic mass is 10.1. The van der Waals surface area contributed by atoms with Gasteiger partial charge in [0.15, 0.2) is 0 Å². The molecule has 0 radical (unpaired) electrons. The third-order valence-corrected chi connectivity index (χ3v) is 3.90. The molecule has 0 spiro atoms. The number of benzene rings is 1. The lowest BCUT2D eigenvalue weighted by Crippen LogP contribution is -2.36. The maximum atomic E-state index is 12.2. The molecule has 1 heterocycles. The molecule has 0 unspecified atom stereocenters. The Kier molecular flexibility index (Phi) is 8.45. The summed E-state index contributed by atoms with van der Waals surface area (Å²) >= 11 is 0. The maximum absolute atomic E-state index is 12.2. The molecule has 0 saturated carbocycles. The summed E-state index contributed by atoms with van der Waals surface area (Å²) in [5, 5.41) is 11.9. The Balaban J connectivity index is 1.72. The second-order valence-electron chi connectivity index (χ2n) is 5.99. The van der Waals surface area contributed by atoms with Crippen molar-refractivity contribution in [3.63, 3.8) is 0 Å². The summed E-state index contributed by atoms with van der Waals surface area (Å²) in [6.45, 7) is 1.91. The first kappa shape index (κ1) is 19.8.